The van der Waals surface area contributed by atoms with Gasteiger partial charge in [-0.1, -0.05) is 35.7 Å². The van der Waals surface area contributed by atoms with Gasteiger partial charge in [0, 0.05) is 6.08 Å². The van der Waals surface area contributed by atoms with Gasteiger partial charge in [0.05, 0.1) is 10.7 Å². The molecule has 0 saturated carbocycles. The summed E-state index contributed by atoms with van der Waals surface area (Å²) in [6.45, 7) is 2.45. The average Bonchev–Trinajstić information content (AvgIpc) is 2.64. The molecule has 2 aromatic rings. The maximum atomic E-state index is 11.5. The molecule has 0 atom stereocenters. The molecule has 4 nitrogen and oxygen atoms in total. The molecule has 0 aromatic heterocycles. The van der Waals surface area contributed by atoms with Crippen molar-refractivity contribution in [1.82, 2.24) is 0 Å². The van der Waals surface area contributed by atoms with Crippen LogP contribution in [0.25, 0.3) is 6.08 Å². The summed E-state index contributed by atoms with van der Waals surface area (Å²) in [7, 11) is 1.58. The molecule has 0 aliphatic rings. The van der Waals surface area contributed by atoms with Crippen molar-refractivity contribution in [3.8, 4) is 23.8 Å². The SMILES string of the molecule is C#CCOC(=O)/C=C/c1cc(I)c(OCc2ccc(C)cc2)c(OC)c1. The molecule has 2 rings (SSSR count). The zero-order valence-corrected chi connectivity index (χ0v) is 16.8. The van der Waals surface area contributed by atoms with Crippen LogP contribution in [0.5, 0.6) is 11.5 Å². The second kappa shape index (κ2) is 9.88. The van der Waals surface area contributed by atoms with Crippen molar-refractivity contribution in [3.63, 3.8) is 0 Å². The quantitative estimate of drug-likeness (QED) is 0.265. The van der Waals surface area contributed by atoms with Crippen molar-refractivity contribution >= 4 is 34.6 Å². The molecule has 2 aromatic carbocycles. The van der Waals surface area contributed by atoms with E-state index in [1.54, 1.807) is 19.3 Å². The second-order valence-electron chi connectivity index (χ2n) is 5.45. The van der Waals surface area contributed by atoms with Crippen LogP contribution in [0.1, 0.15) is 16.7 Å². The molecule has 0 fully saturated rings. The van der Waals surface area contributed by atoms with E-state index in [-0.39, 0.29) is 6.61 Å². The molecule has 0 aliphatic heterocycles. The fourth-order valence-electron chi connectivity index (χ4n) is 2.14. The van der Waals surface area contributed by atoms with Crippen LogP contribution in [-0.4, -0.2) is 19.7 Å². The fraction of sp³-hybridized carbons (Fsp3) is 0.190. The first-order valence-corrected chi connectivity index (χ1v) is 8.95. The molecule has 0 radical (unpaired) electrons. The number of methoxy groups -OCH3 is 1. The smallest absolute Gasteiger partial charge is 0.331 e. The van der Waals surface area contributed by atoms with Crippen molar-refractivity contribution in [3.05, 3.63) is 62.7 Å². The number of halogens is 1. The van der Waals surface area contributed by atoms with Crippen molar-refractivity contribution < 1.29 is 19.0 Å². The van der Waals surface area contributed by atoms with E-state index >= 15 is 0 Å². The Hall–Kier alpha value is -2.46. The van der Waals surface area contributed by atoms with Crippen molar-refractivity contribution in [2.24, 2.45) is 0 Å². The molecule has 0 saturated heterocycles. The first-order chi connectivity index (χ1) is 12.5. The van der Waals surface area contributed by atoms with Crippen LogP contribution in [0.3, 0.4) is 0 Å². The van der Waals surface area contributed by atoms with Gasteiger partial charge in [0.2, 0.25) is 0 Å². The third-order valence-electron chi connectivity index (χ3n) is 3.47. The van der Waals surface area contributed by atoms with Gasteiger partial charge in [-0.05, 0) is 58.9 Å². The minimum atomic E-state index is -0.489. The number of benzene rings is 2. The van der Waals surface area contributed by atoms with E-state index in [0.29, 0.717) is 18.1 Å². The number of carbonyl (C=O) groups excluding carboxylic acids is 1. The molecule has 134 valence electrons. The highest BCUT2D eigenvalue weighted by molar-refractivity contribution is 14.1. The number of terminal acetylenes is 1. The topological polar surface area (TPSA) is 44.8 Å². The Morgan fingerprint density at radius 2 is 2.00 bits per heavy atom. The average molecular weight is 462 g/mol. The summed E-state index contributed by atoms with van der Waals surface area (Å²) < 4.78 is 17.1. The van der Waals surface area contributed by atoms with Crippen molar-refractivity contribution in [2.75, 3.05) is 13.7 Å². The van der Waals surface area contributed by atoms with Gasteiger partial charge in [-0.25, -0.2) is 4.79 Å². The van der Waals surface area contributed by atoms with Crippen molar-refractivity contribution in [2.45, 2.75) is 13.5 Å². The van der Waals surface area contributed by atoms with E-state index in [1.165, 1.54) is 11.6 Å². The second-order valence-corrected chi connectivity index (χ2v) is 6.62. The normalized spacial score (nSPS) is 10.4. The largest absolute Gasteiger partial charge is 0.493 e. The molecule has 0 unspecified atom stereocenters. The van der Waals surface area contributed by atoms with Gasteiger partial charge in [0.1, 0.15) is 6.61 Å². The number of ether oxygens (including phenoxy) is 3. The van der Waals surface area contributed by atoms with Gasteiger partial charge in [0.25, 0.3) is 0 Å². The van der Waals surface area contributed by atoms with Gasteiger partial charge in [-0.2, -0.15) is 0 Å². The lowest BCUT2D eigenvalue weighted by Crippen LogP contribution is -2.01. The molecular weight excluding hydrogens is 443 g/mol. The van der Waals surface area contributed by atoms with Crippen LogP contribution in [0.2, 0.25) is 0 Å². The van der Waals surface area contributed by atoms with E-state index in [4.69, 9.17) is 20.6 Å². The molecule has 5 heteroatoms. The minimum absolute atomic E-state index is 0.0458. The van der Waals surface area contributed by atoms with Gasteiger partial charge in [-0.15, -0.1) is 6.42 Å². The lowest BCUT2D eigenvalue weighted by atomic mass is 10.1. The summed E-state index contributed by atoms with van der Waals surface area (Å²) >= 11 is 2.18. The predicted octanol–water partition coefficient (Wildman–Crippen LogP) is 4.38. The highest BCUT2D eigenvalue weighted by atomic mass is 127. The molecule has 0 amide bonds. The molecule has 0 N–H and O–H groups in total. The standard InChI is InChI=1S/C21H19IO4/c1-4-11-25-20(23)10-9-17-12-18(22)21(19(13-17)24-3)26-14-16-7-5-15(2)6-8-16/h1,5-10,12-13H,11,14H2,2-3H3/b10-9+. The lowest BCUT2D eigenvalue weighted by Gasteiger charge is -2.14. The molecule has 26 heavy (non-hydrogen) atoms. The molecule has 0 aliphatic carbocycles. The maximum Gasteiger partial charge on any atom is 0.331 e. The van der Waals surface area contributed by atoms with E-state index in [2.05, 4.69) is 28.5 Å². The van der Waals surface area contributed by atoms with E-state index < -0.39 is 5.97 Å². The summed E-state index contributed by atoms with van der Waals surface area (Å²) in [5.74, 6) is 3.02. The highest BCUT2D eigenvalue weighted by Crippen LogP contribution is 2.35. The van der Waals surface area contributed by atoms with Crippen molar-refractivity contribution in [1.29, 1.82) is 0 Å². The number of hydrogen-bond donors (Lipinski definition) is 0. The minimum Gasteiger partial charge on any atom is -0.493 e. The van der Waals surface area contributed by atoms with E-state index in [9.17, 15) is 4.79 Å². The third-order valence-corrected chi connectivity index (χ3v) is 4.27. The molecule has 0 bridgehead atoms. The van der Waals surface area contributed by atoms with Crippen LogP contribution in [0.4, 0.5) is 0 Å². The molecule has 0 spiro atoms. The zero-order valence-electron chi connectivity index (χ0n) is 14.6. The van der Waals surface area contributed by atoms with Gasteiger partial charge < -0.3 is 14.2 Å². The van der Waals surface area contributed by atoms with Crippen LogP contribution in [-0.2, 0) is 16.1 Å². The summed E-state index contributed by atoms with van der Waals surface area (Å²) in [5.41, 5.74) is 3.08. The third kappa shape index (κ3) is 5.81. The van der Waals surface area contributed by atoms with Crippen LogP contribution in [0, 0.1) is 22.8 Å². The Labute approximate surface area is 167 Å². The summed E-state index contributed by atoms with van der Waals surface area (Å²) in [6.07, 6.45) is 8.03. The van der Waals surface area contributed by atoms with Gasteiger partial charge in [-0.3, -0.25) is 0 Å². The number of aryl methyl sites for hydroxylation is 1. The van der Waals surface area contributed by atoms with Gasteiger partial charge >= 0.3 is 5.97 Å². The Morgan fingerprint density at radius 1 is 1.27 bits per heavy atom. The number of rotatable bonds is 7. The first-order valence-electron chi connectivity index (χ1n) is 7.87. The molecule has 0 heterocycles. The number of hydrogen-bond acceptors (Lipinski definition) is 4. The fourth-order valence-corrected chi connectivity index (χ4v) is 2.92. The Balaban J connectivity index is 2.13. The lowest BCUT2D eigenvalue weighted by molar-refractivity contribution is -0.136. The maximum absolute atomic E-state index is 11.5. The summed E-state index contributed by atoms with van der Waals surface area (Å²) in [4.78, 5) is 11.5. The predicted molar refractivity (Wildman–Crippen MR) is 110 cm³/mol. The van der Waals surface area contributed by atoms with Crippen LogP contribution < -0.4 is 9.47 Å². The first kappa shape index (κ1) is 19.9. The van der Waals surface area contributed by atoms with E-state index in [1.807, 2.05) is 37.3 Å². The number of carbonyl (C=O) groups is 1. The summed E-state index contributed by atoms with van der Waals surface area (Å²) in [5, 5.41) is 0. The Kier molecular flexibility index (Phi) is 7.54. The van der Waals surface area contributed by atoms with E-state index in [0.717, 1.165) is 14.7 Å². The zero-order chi connectivity index (χ0) is 18.9. The van der Waals surface area contributed by atoms with Gasteiger partial charge in [0.15, 0.2) is 18.1 Å². The van der Waals surface area contributed by atoms with Crippen LogP contribution >= 0.6 is 22.6 Å². The monoisotopic (exact) mass is 462 g/mol. The number of esters is 1. The summed E-state index contributed by atoms with van der Waals surface area (Å²) in [6, 6.07) is 11.9. The Bertz CT molecular complexity index is 832. The van der Waals surface area contributed by atoms with Crippen LogP contribution in [0.15, 0.2) is 42.5 Å². The molecular formula is C21H19IO4. The highest BCUT2D eigenvalue weighted by Gasteiger charge is 2.11. The Morgan fingerprint density at radius 3 is 2.65 bits per heavy atom.